The van der Waals surface area contributed by atoms with Gasteiger partial charge < -0.3 is 15.5 Å². The van der Waals surface area contributed by atoms with Gasteiger partial charge in [-0.05, 0) is 85.9 Å². The van der Waals surface area contributed by atoms with Crippen LogP contribution in [0.5, 0.6) is 0 Å². The summed E-state index contributed by atoms with van der Waals surface area (Å²) in [6.07, 6.45) is 7.34. The number of aliphatic hydroxyl groups is 1. The van der Waals surface area contributed by atoms with E-state index in [1.54, 1.807) is 0 Å². The molecule has 0 amide bonds. The van der Waals surface area contributed by atoms with E-state index in [0.717, 1.165) is 38.5 Å². The number of aliphatic carboxylic acids is 1. The second kappa shape index (κ2) is 8.69. The van der Waals surface area contributed by atoms with Crippen LogP contribution in [-0.4, -0.2) is 40.2 Å². The Labute approximate surface area is 194 Å². The topological polar surface area (TPSA) is 86.6 Å². The van der Waals surface area contributed by atoms with Crippen LogP contribution in [0.2, 0.25) is 0 Å². The second-order valence-electron chi connectivity index (χ2n) is 12.6. The first-order valence-corrected chi connectivity index (χ1v) is 13.2. The highest BCUT2D eigenvalue weighted by Gasteiger charge is 2.65. The first kappa shape index (κ1) is 24.2. The summed E-state index contributed by atoms with van der Waals surface area (Å²) in [6, 6.07) is 0.794. The third-order valence-electron chi connectivity index (χ3n) is 10.7. The molecule has 5 heteroatoms. The lowest BCUT2D eigenvalue weighted by Gasteiger charge is -2.63. The van der Waals surface area contributed by atoms with Crippen LogP contribution in [0, 0.1) is 46.3 Å². The van der Waals surface area contributed by atoms with Gasteiger partial charge in [0, 0.05) is 30.3 Å². The van der Waals surface area contributed by atoms with Gasteiger partial charge in [0.2, 0.25) is 0 Å². The van der Waals surface area contributed by atoms with Crippen molar-refractivity contribution < 1.29 is 19.8 Å². The number of rotatable bonds is 6. The molecule has 5 nitrogen and oxygen atoms in total. The van der Waals surface area contributed by atoms with Gasteiger partial charge in [0.25, 0.3) is 0 Å². The predicted octanol–water partition coefficient (Wildman–Crippen LogP) is 4.66. The summed E-state index contributed by atoms with van der Waals surface area (Å²) >= 11 is 0. The maximum atomic E-state index is 13.9. The number of nitrogens with one attached hydrogen (secondary N) is 1. The fraction of sp³-hybridized carbons (Fsp3) is 0.926. The molecule has 0 aromatic rings. The van der Waals surface area contributed by atoms with Crippen LogP contribution in [0.4, 0.5) is 0 Å². The van der Waals surface area contributed by atoms with Crippen LogP contribution in [0.1, 0.15) is 92.4 Å². The predicted molar refractivity (Wildman–Crippen MR) is 125 cm³/mol. The number of hydrogen-bond donors (Lipinski definition) is 3. The molecule has 4 rings (SSSR count). The summed E-state index contributed by atoms with van der Waals surface area (Å²) in [5.74, 6) is 1.99. The Bertz CT molecular complexity index is 737. The molecular weight excluding hydrogens is 402 g/mol. The van der Waals surface area contributed by atoms with Gasteiger partial charge in [-0.25, -0.2) is 0 Å². The van der Waals surface area contributed by atoms with Gasteiger partial charge in [-0.2, -0.15) is 0 Å². The van der Waals surface area contributed by atoms with Gasteiger partial charge in [0.05, 0.1) is 6.10 Å². The van der Waals surface area contributed by atoms with E-state index in [0.29, 0.717) is 60.3 Å². The highest BCUT2D eigenvalue weighted by atomic mass is 16.4. The Morgan fingerprint density at radius 1 is 1.12 bits per heavy atom. The number of carboxylic acids is 1. The molecular formula is C27H45NO4. The van der Waals surface area contributed by atoms with Gasteiger partial charge >= 0.3 is 5.97 Å². The lowest BCUT2D eigenvalue weighted by Crippen LogP contribution is -2.64. The molecule has 3 N–H and O–H groups in total. The summed E-state index contributed by atoms with van der Waals surface area (Å²) in [4.78, 5) is 25.1. The molecule has 0 aromatic carbocycles. The summed E-state index contributed by atoms with van der Waals surface area (Å²) in [7, 11) is 0. The normalized spacial score (nSPS) is 47.0. The van der Waals surface area contributed by atoms with Crippen LogP contribution < -0.4 is 5.32 Å². The van der Waals surface area contributed by atoms with Crippen molar-refractivity contribution in [2.24, 2.45) is 46.3 Å². The molecule has 2 unspecified atom stereocenters. The van der Waals surface area contributed by atoms with Crippen LogP contribution in [0.25, 0.3) is 0 Å². The SMILES string of the molecule is CC(C)NC1C[C@@H]2CC(O)CC[C@]2(C)[C@H]2CC(=O)[C@]3(C)[C@@H]([C@H](C)CCC(=O)O)CC[C@H]3[C@H]12. The fourth-order valence-electron chi connectivity index (χ4n) is 9.06. The van der Waals surface area contributed by atoms with E-state index < -0.39 is 5.97 Å². The minimum absolute atomic E-state index is 0.142. The average molecular weight is 448 g/mol. The summed E-state index contributed by atoms with van der Waals surface area (Å²) in [6.45, 7) is 11.3. The van der Waals surface area contributed by atoms with Crippen molar-refractivity contribution in [2.45, 2.75) is 111 Å². The molecule has 10 atom stereocenters. The number of ketones is 1. The molecule has 0 bridgehead atoms. The smallest absolute Gasteiger partial charge is 0.303 e. The number of aliphatic hydroxyl groups excluding tert-OH is 1. The zero-order valence-electron chi connectivity index (χ0n) is 20.8. The zero-order valence-corrected chi connectivity index (χ0v) is 20.8. The Balaban J connectivity index is 1.67. The number of carboxylic acid groups (broad SMARTS) is 1. The van der Waals surface area contributed by atoms with Gasteiger partial charge in [-0.3, -0.25) is 9.59 Å². The molecule has 4 fully saturated rings. The van der Waals surface area contributed by atoms with Crippen LogP contribution in [0.15, 0.2) is 0 Å². The van der Waals surface area contributed by atoms with Crippen molar-refractivity contribution in [3.05, 3.63) is 0 Å². The van der Waals surface area contributed by atoms with Crippen molar-refractivity contribution in [1.29, 1.82) is 0 Å². The molecule has 4 aliphatic rings. The molecule has 182 valence electrons. The first-order chi connectivity index (χ1) is 15.0. The Kier molecular flexibility index (Phi) is 6.57. The summed E-state index contributed by atoms with van der Waals surface area (Å²) < 4.78 is 0. The average Bonchev–Trinajstić information content (AvgIpc) is 3.06. The Morgan fingerprint density at radius 3 is 2.50 bits per heavy atom. The summed E-state index contributed by atoms with van der Waals surface area (Å²) in [5.41, 5.74) is -0.184. The molecule has 0 radical (unpaired) electrons. The van der Waals surface area contributed by atoms with E-state index in [2.05, 4.69) is 39.9 Å². The van der Waals surface area contributed by atoms with Crippen LogP contribution in [-0.2, 0) is 9.59 Å². The van der Waals surface area contributed by atoms with E-state index in [9.17, 15) is 19.8 Å². The lowest BCUT2D eigenvalue weighted by atomic mass is 9.43. The Morgan fingerprint density at radius 2 is 1.84 bits per heavy atom. The maximum Gasteiger partial charge on any atom is 0.303 e. The molecule has 0 spiro atoms. The quantitative estimate of drug-likeness (QED) is 0.551. The van der Waals surface area contributed by atoms with Crippen molar-refractivity contribution >= 4 is 11.8 Å². The van der Waals surface area contributed by atoms with E-state index in [-0.39, 0.29) is 29.3 Å². The largest absolute Gasteiger partial charge is 0.481 e. The maximum absolute atomic E-state index is 13.9. The number of carbonyl (C=O) groups excluding carboxylic acids is 1. The minimum atomic E-state index is -0.737. The van der Waals surface area contributed by atoms with E-state index in [1.807, 2.05) is 0 Å². The molecule has 0 aliphatic heterocycles. The number of carbonyl (C=O) groups is 2. The van der Waals surface area contributed by atoms with Gasteiger partial charge in [-0.15, -0.1) is 0 Å². The molecule has 0 saturated heterocycles. The summed E-state index contributed by atoms with van der Waals surface area (Å²) in [5, 5.41) is 23.5. The Hall–Kier alpha value is -0.940. The monoisotopic (exact) mass is 447 g/mol. The van der Waals surface area contributed by atoms with E-state index in [4.69, 9.17) is 0 Å². The highest BCUT2D eigenvalue weighted by Crippen LogP contribution is 2.67. The zero-order chi connectivity index (χ0) is 23.4. The number of hydrogen-bond acceptors (Lipinski definition) is 4. The fourth-order valence-corrected chi connectivity index (χ4v) is 9.06. The highest BCUT2D eigenvalue weighted by molar-refractivity contribution is 5.87. The third-order valence-corrected chi connectivity index (χ3v) is 10.7. The lowest BCUT2D eigenvalue weighted by molar-refractivity contribution is -0.165. The second-order valence-corrected chi connectivity index (χ2v) is 12.6. The van der Waals surface area contributed by atoms with E-state index >= 15 is 0 Å². The molecule has 0 heterocycles. The van der Waals surface area contributed by atoms with Crippen LogP contribution in [0.3, 0.4) is 0 Å². The van der Waals surface area contributed by atoms with Crippen molar-refractivity contribution in [1.82, 2.24) is 5.32 Å². The molecule has 4 saturated carbocycles. The van der Waals surface area contributed by atoms with Gasteiger partial charge in [-0.1, -0.05) is 34.6 Å². The van der Waals surface area contributed by atoms with E-state index in [1.165, 1.54) is 0 Å². The standard InChI is InChI=1S/C27H45NO4/c1-15(2)28-22-13-17-12-18(29)10-11-26(17,4)21-14-23(30)27(5)19(7-8-20(27)25(21)22)16(3)6-9-24(31)32/h15-22,25,28-29H,6-14H2,1-5H3,(H,31,32)/t16-,17+,18?,19-,20+,21+,22?,25+,26+,27-/m1/s1. The number of Topliss-reactive ketones (excluding diaryl/α,β-unsaturated/α-hetero) is 1. The minimum Gasteiger partial charge on any atom is -0.481 e. The van der Waals surface area contributed by atoms with Crippen molar-refractivity contribution in [2.75, 3.05) is 0 Å². The van der Waals surface area contributed by atoms with Crippen molar-refractivity contribution in [3.8, 4) is 0 Å². The van der Waals surface area contributed by atoms with Gasteiger partial charge in [0.15, 0.2) is 0 Å². The number of fused-ring (bicyclic) bond motifs is 5. The first-order valence-electron chi connectivity index (χ1n) is 13.2. The van der Waals surface area contributed by atoms with Crippen LogP contribution >= 0.6 is 0 Å². The van der Waals surface area contributed by atoms with Crippen molar-refractivity contribution in [3.63, 3.8) is 0 Å². The molecule has 32 heavy (non-hydrogen) atoms. The third kappa shape index (κ3) is 3.85. The van der Waals surface area contributed by atoms with Gasteiger partial charge in [0.1, 0.15) is 5.78 Å². The molecule has 4 aliphatic carbocycles. The molecule has 0 aromatic heterocycles.